The average molecular weight is 476 g/mol. The Morgan fingerprint density at radius 3 is 2.87 bits per heavy atom. The van der Waals surface area contributed by atoms with Crippen molar-refractivity contribution in [3.63, 3.8) is 0 Å². The van der Waals surface area contributed by atoms with E-state index in [1.54, 1.807) is 28.0 Å². The van der Waals surface area contributed by atoms with Gasteiger partial charge in [-0.2, -0.15) is 0 Å². The number of ether oxygens (including phenoxy) is 1. The van der Waals surface area contributed by atoms with E-state index in [1.807, 2.05) is 22.9 Å². The summed E-state index contributed by atoms with van der Waals surface area (Å²) in [6.45, 7) is 0.480. The van der Waals surface area contributed by atoms with Crippen molar-refractivity contribution in [3.05, 3.63) is 68.2 Å². The van der Waals surface area contributed by atoms with Crippen molar-refractivity contribution in [1.82, 2.24) is 9.55 Å². The van der Waals surface area contributed by atoms with E-state index in [2.05, 4.69) is 10.3 Å². The van der Waals surface area contributed by atoms with Crippen molar-refractivity contribution in [3.8, 4) is 5.75 Å². The number of nitrogens with one attached hydrogen (secondary N) is 1. The van der Waals surface area contributed by atoms with Crippen molar-refractivity contribution in [2.24, 2.45) is 0 Å². The van der Waals surface area contributed by atoms with Crippen molar-refractivity contribution in [2.45, 2.75) is 18.1 Å². The Hall–Kier alpha value is -2.69. The van der Waals surface area contributed by atoms with E-state index in [0.29, 0.717) is 34.0 Å². The van der Waals surface area contributed by atoms with Crippen LogP contribution in [0.25, 0.3) is 10.2 Å². The topological polar surface area (TPSA) is 73.2 Å². The second-order valence-corrected chi connectivity index (χ2v) is 9.39. The molecule has 0 bridgehead atoms. The number of thioether (sulfide) groups is 1. The molecule has 4 rings (SSSR count). The number of halogens is 1. The highest BCUT2D eigenvalue weighted by atomic mass is 32.2. The van der Waals surface area contributed by atoms with Crippen molar-refractivity contribution in [1.29, 1.82) is 0 Å². The lowest BCUT2D eigenvalue weighted by Gasteiger charge is -2.12. The number of carbonyl (C=O) groups is 1. The zero-order chi connectivity index (χ0) is 21.8. The lowest BCUT2D eigenvalue weighted by molar-refractivity contribution is -0.113. The molecule has 0 unspecified atom stereocenters. The normalized spacial score (nSPS) is 11.0. The lowest BCUT2D eigenvalue weighted by atomic mass is 10.3. The number of carbonyl (C=O) groups excluding carboxylic acids is 1. The minimum Gasteiger partial charge on any atom is -0.494 e. The molecular formula is C21H18FN3O3S3. The first-order chi connectivity index (χ1) is 15.0. The average Bonchev–Trinajstić information content (AvgIpc) is 3.44. The number of fused-ring (bicyclic) bond motifs is 1. The number of aromatic nitrogens is 2. The standard InChI is InChI=1S/C21H18FN3O3S3/c1-28-17-5-4-13(11-15(17)22)23-18(26)12-31-21-24-16-7-10-30-19(16)20(27)25(21)8-6-14-3-2-9-29-14/h2-5,7,9-11H,6,8,12H2,1H3,(H,23,26). The Balaban J connectivity index is 1.50. The van der Waals surface area contributed by atoms with Gasteiger partial charge in [0.25, 0.3) is 5.56 Å². The van der Waals surface area contributed by atoms with Gasteiger partial charge < -0.3 is 10.1 Å². The maximum absolute atomic E-state index is 13.8. The van der Waals surface area contributed by atoms with Crippen molar-refractivity contribution < 1.29 is 13.9 Å². The molecule has 0 aliphatic rings. The number of aryl methyl sites for hydroxylation is 1. The van der Waals surface area contributed by atoms with E-state index in [1.165, 1.54) is 47.2 Å². The summed E-state index contributed by atoms with van der Waals surface area (Å²) < 4.78 is 21.0. The number of anilines is 1. The summed E-state index contributed by atoms with van der Waals surface area (Å²) in [5, 5.41) is 6.98. The van der Waals surface area contributed by atoms with Gasteiger partial charge in [-0.25, -0.2) is 9.37 Å². The molecule has 3 heterocycles. The molecule has 0 radical (unpaired) electrons. The minimum absolute atomic E-state index is 0.0364. The van der Waals surface area contributed by atoms with Crippen LogP contribution in [0, 0.1) is 5.82 Å². The molecule has 31 heavy (non-hydrogen) atoms. The monoisotopic (exact) mass is 475 g/mol. The third kappa shape index (κ3) is 4.97. The minimum atomic E-state index is -0.556. The maximum atomic E-state index is 13.8. The number of rotatable bonds is 8. The molecule has 0 fully saturated rings. The molecule has 3 aromatic heterocycles. The fourth-order valence-corrected chi connectivity index (χ4v) is 5.28. The van der Waals surface area contributed by atoms with E-state index in [-0.39, 0.29) is 23.0 Å². The molecule has 1 amide bonds. The second kappa shape index (κ2) is 9.63. The Morgan fingerprint density at radius 2 is 2.13 bits per heavy atom. The Labute approximate surface area is 189 Å². The van der Waals surface area contributed by atoms with Crippen LogP contribution < -0.4 is 15.6 Å². The van der Waals surface area contributed by atoms with Crippen LogP contribution in [0.4, 0.5) is 10.1 Å². The molecule has 0 saturated heterocycles. The highest BCUT2D eigenvalue weighted by Gasteiger charge is 2.15. The molecule has 160 valence electrons. The van der Waals surface area contributed by atoms with Gasteiger partial charge in [0.2, 0.25) is 5.91 Å². The number of hydrogen-bond donors (Lipinski definition) is 1. The molecule has 4 aromatic rings. The summed E-state index contributed by atoms with van der Waals surface area (Å²) in [7, 11) is 1.38. The first-order valence-corrected chi connectivity index (χ1v) is 12.1. The number of benzene rings is 1. The van der Waals surface area contributed by atoms with Gasteiger partial charge >= 0.3 is 0 Å². The van der Waals surface area contributed by atoms with E-state index in [0.717, 1.165) is 0 Å². The summed E-state index contributed by atoms with van der Waals surface area (Å²) in [5.41, 5.74) is 0.861. The van der Waals surface area contributed by atoms with E-state index < -0.39 is 5.82 Å². The van der Waals surface area contributed by atoms with Crippen LogP contribution in [-0.4, -0.2) is 28.3 Å². The third-order valence-corrected chi connectivity index (χ3v) is 7.26. The van der Waals surface area contributed by atoms with Gasteiger partial charge in [0.1, 0.15) is 4.70 Å². The fourth-order valence-electron chi connectivity index (χ4n) is 2.98. The maximum Gasteiger partial charge on any atom is 0.272 e. The van der Waals surface area contributed by atoms with E-state index >= 15 is 0 Å². The number of amides is 1. The number of methoxy groups -OCH3 is 1. The molecule has 0 aliphatic carbocycles. The Morgan fingerprint density at radius 1 is 1.26 bits per heavy atom. The molecule has 10 heteroatoms. The smallest absolute Gasteiger partial charge is 0.272 e. The summed E-state index contributed by atoms with van der Waals surface area (Å²) in [6, 6.07) is 10.0. The summed E-state index contributed by atoms with van der Waals surface area (Å²) >= 11 is 4.19. The largest absolute Gasteiger partial charge is 0.494 e. The van der Waals surface area contributed by atoms with Crippen molar-refractivity contribution >= 4 is 56.2 Å². The van der Waals surface area contributed by atoms with Crippen LogP contribution in [0.5, 0.6) is 5.75 Å². The van der Waals surface area contributed by atoms with E-state index in [4.69, 9.17) is 4.74 Å². The van der Waals surface area contributed by atoms with Crippen LogP contribution in [0.3, 0.4) is 0 Å². The van der Waals surface area contributed by atoms with Crippen LogP contribution in [0.1, 0.15) is 4.88 Å². The highest BCUT2D eigenvalue weighted by Crippen LogP contribution is 2.23. The van der Waals surface area contributed by atoms with Gasteiger partial charge in [-0.15, -0.1) is 22.7 Å². The van der Waals surface area contributed by atoms with Gasteiger partial charge in [-0.05, 0) is 41.4 Å². The fraction of sp³-hybridized carbons (Fsp3) is 0.190. The van der Waals surface area contributed by atoms with Gasteiger partial charge in [0.15, 0.2) is 16.7 Å². The zero-order valence-electron chi connectivity index (χ0n) is 16.5. The first-order valence-electron chi connectivity index (χ1n) is 9.32. The molecule has 0 saturated carbocycles. The number of nitrogens with zero attached hydrogens (tertiary/aromatic N) is 2. The van der Waals surface area contributed by atoms with Crippen LogP contribution in [0.15, 0.2) is 57.1 Å². The van der Waals surface area contributed by atoms with Gasteiger partial charge in [-0.1, -0.05) is 17.8 Å². The van der Waals surface area contributed by atoms with Crippen LogP contribution in [0.2, 0.25) is 0 Å². The highest BCUT2D eigenvalue weighted by molar-refractivity contribution is 7.99. The zero-order valence-corrected chi connectivity index (χ0v) is 18.9. The third-order valence-electron chi connectivity index (χ3n) is 4.46. The summed E-state index contributed by atoms with van der Waals surface area (Å²) in [5.74, 6) is -0.733. The first kappa shape index (κ1) is 21.5. The SMILES string of the molecule is COc1ccc(NC(=O)CSc2nc3ccsc3c(=O)n2CCc2cccs2)cc1F. The van der Waals surface area contributed by atoms with Gasteiger partial charge in [0, 0.05) is 23.2 Å². The molecule has 0 aliphatic heterocycles. The summed E-state index contributed by atoms with van der Waals surface area (Å²) in [4.78, 5) is 31.2. The molecular weight excluding hydrogens is 457 g/mol. The molecule has 0 atom stereocenters. The number of hydrogen-bond acceptors (Lipinski definition) is 7. The number of thiophene rings is 2. The van der Waals surface area contributed by atoms with E-state index in [9.17, 15) is 14.0 Å². The Kier molecular flexibility index (Phi) is 6.69. The van der Waals surface area contributed by atoms with Crippen LogP contribution >= 0.6 is 34.4 Å². The molecule has 0 spiro atoms. The second-order valence-electron chi connectivity index (χ2n) is 6.50. The van der Waals surface area contributed by atoms with Gasteiger partial charge in [0.05, 0.1) is 18.4 Å². The van der Waals surface area contributed by atoms with Crippen molar-refractivity contribution in [2.75, 3.05) is 18.2 Å². The molecule has 1 aromatic carbocycles. The predicted molar refractivity (Wildman–Crippen MR) is 124 cm³/mol. The van der Waals surface area contributed by atoms with Crippen LogP contribution in [-0.2, 0) is 17.8 Å². The quantitative estimate of drug-likeness (QED) is 0.297. The molecule has 6 nitrogen and oxygen atoms in total. The summed E-state index contributed by atoms with van der Waals surface area (Å²) in [6.07, 6.45) is 0.709. The lowest BCUT2D eigenvalue weighted by Crippen LogP contribution is -2.24. The Bertz CT molecular complexity index is 1270. The van der Waals surface area contributed by atoms with Gasteiger partial charge in [-0.3, -0.25) is 14.2 Å². The molecule has 1 N–H and O–H groups in total. The predicted octanol–water partition coefficient (Wildman–Crippen LogP) is 4.64.